The lowest BCUT2D eigenvalue weighted by Crippen LogP contribution is -2.43. The van der Waals surface area contributed by atoms with Gasteiger partial charge in [-0.15, -0.1) is 0 Å². The molecular weight excluding hydrogens is 168 g/mol. The Bertz CT molecular complexity index is 147. The lowest BCUT2D eigenvalue weighted by Gasteiger charge is -2.16. The van der Waals surface area contributed by atoms with Gasteiger partial charge in [-0.1, -0.05) is 0 Å². The van der Waals surface area contributed by atoms with Crippen LogP contribution in [-0.4, -0.2) is 62.8 Å². The first-order valence-corrected chi connectivity index (χ1v) is 3.34. The number of ketones is 1. The molecular formula is C6H12O6. The number of aliphatic hydroxyl groups excluding tert-OH is 5. The zero-order valence-corrected chi connectivity index (χ0v) is 6.29. The topological polar surface area (TPSA) is 118 Å². The van der Waals surface area contributed by atoms with Crippen LogP contribution >= 0.6 is 0 Å². The van der Waals surface area contributed by atoms with Crippen LogP contribution in [0.5, 0.6) is 0 Å². The average Bonchev–Trinajstić information content (AvgIpc) is 2.12. The Morgan fingerprint density at radius 3 is 1.92 bits per heavy atom. The number of carbonyl (C=O) groups is 1. The van der Waals surface area contributed by atoms with E-state index in [9.17, 15) is 4.79 Å². The highest BCUT2D eigenvalue weighted by Crippen LogP contribution is 1.98. The fraction of sp³-hybridized carbons (Fsp3) is 0.833. The fourth-order valence-corrected chi connectivity index (χ4v) is 0.577. The summed E-state index contributed by atoms with van der Waals surface area (Å²) >= 11 is 0. The number of rotatable bonds is 5. The lowest BCUT2D eigenvalue weighted by molar-refractivity contribution is -0.144. The van der Waals surface area contributed by atoms with E-state index in [1.165, 1.54) is 0 Å². The Morgan fingerprint density at radius 1 is 1.08 bits per heavy atom. The second kappa shape index (κ2) is 5.18. The molecule has 0 aliphatic rings. The van der Waals surface area contributed by atoms with E-state index in [2.05, 4.69) is 0 Å². The second-order valence-electron chi connectivity index (χ2n) is 2.30. The molecule has 0 aliphatic heterocycles. The molecule has 0 rings (SSSR count). The summed E-state index contributed by atoms with van der Waals surface area (Å²) in [5.74, 6) is -1.11. The van der Waals surface area contributed by atoms with Crippen molar-refractivity contribution in [1.82, 2.24) is 0 Å². The molecule has 12 heavy (non-hydrogen) atoms. The highest BCUT2D eigenvalue weighted by molar-refractivity contribution is 5.87. The molecule has 0 aromatic carbocycles. The van der Waals surface area contributed by atoms with Crippen molar-refractivity contribution in [3.8, 4) is 0 Å². The van der Waals surface area contributed by atoms with Gasteiger partial charge in [0.15, 0.2) is 5.78 Å². The van der Waals surface area contributed by atoms with Crippen LogP contribution in [0.3, 0.4) is 0 Å². The summed E-state index contributed by atoms with van der Waals surface area (Å²) in [6.07, 6.45) is -5.21. The lowest BCUT2D eigenvalue weighted by atomic mass is 10.1. The monoisotopic (exact) mass is 180 g/mol. The van der Waals surface area contributed by atoms with Crippen LogP contribution in [0.4, 0.5) is 0 Å². The summed E-state index contributed by atoms with van der Waals surface area (Å²) in [5.41, 5.74) is 0. The van der Waals surface area contributed by atoms with Crippen LogP contribution in [0, 0.1) is 0 Å². The van der Waals surface area contributed by atoms with E-state index in [1.54, 1.807) is 0 Å². The minimum Gasteiger partial charge on any atom is -0.394 e. The summed E-state index contributed by atoms with van der Waals surface area (Å²) in [7, 11) is 0. The first-order valence-electron chi connectivity index (χ1n) is 3.34. The number of hydrogen-bond donors (Lipinski definition) is 5. The van der Waals surface area contributed by atoms with E-state index in [0.29, 0.717) is 0 Å². The van der Waals surface area contributed by atoms with Gasteiger partial charge in [-0.3, -0.25) is 4.79 Å². The molecule has 0 spiro atoms. The van der Waals surface area contributed by atoms with Crippen molar-refractivity contribution in [2.45, 2.75) is 18.3 Å². The largest absolute Gasteiger partial charge is 0.394 e. The molecule has 3 atom stereocenters. The van der Waals surface area contributed by atoms with Gasteiger partial charge >= 0.3 is 0 Å². The van der Waals surface area contributed by atoms with Gasteiger partial charge in [-0.05, 0) is 0 Å². The average molecular weight is 180 g/mol. The van der Waals surface area contributed by atoms with Crippen molar-refractivity contribution >= 4 is 5.78 Å². The maximum absolute atomic E-state index is 10.7. The van der Waals surface area contributed by atoms with E-state index >= 15 is 0 Å². The molecule has 1 unspecified atom stereocenters. The van der Waals surface area contributed by atoms with Gasteiger partial charge in [-0.2, -0.15) is 0 Å². The van der Waals surface area contributed by atoms with Crippen molar-refractivity contribution in [3.05, 3.63) is 0 Å². The van der Waals surface area contributed by atoms with E-state index in [-0.39, 0.29) is 0 Å². The van der Waals surface area contributed by atoms with Crippen molar-refractivity contribution in [3.63, 3.8) is 0 Å². The molecule has 6 heteroatoms. The van der Waals surface area contributed by atoms with Crippen molar-refractivity contribution in [2.75, 3.05) is 13.2 Å². The van der Waals surface area contributed by atoms with E-state index < -0.39 is 37.3 Å². The van der Waals surface area contributed by atoms with Crippen molar-refractivity contribution in [2.24, 2.45) is 0 Å². The van der Waals surface area contributed by atoms with Gasteiger partial charge in [0, 0.05) is 0 Å². The molecule has 0 saturated heterocycles. The third kappa shape index (κ3) is 2.84. The Morgan fingerprint density at radius 2 is 1.58 bits per heavy atom. The molecule has 0 amide bonds. The van der Waals surface area contributed by atoms with Gasteiger partial charge in [0.25, 0.3) is 0 Å². The first-order chi connectivity index (χ1) is 5.54. The molecule has 72 valence electrons. The molecule has 0 aliphatic carbocycles. The zero-order chi connectivity index (χ0) is 9.72. The van der Waals surface area contributed by atoms with E-state index in [1.807, 2.05) is 0 Å². The smallest absolute Gasteiger partial charge is 0.194 e. The van der Waals surface area contributed by atoms with Crippen LogP contribution in [0.25, 0.3) is 0 Å². The van der Waals surface area contributed by atoms with Gasteiger partial charge in [0.2, 0.25) is 0 Å². The maximum Gasteiger partial charge on any atom is 0.194 e. The number of hydrogen-bond acceptors (Lipinski definition) is 6. The maximum atomic E-state index is 10.7. The fourth-order valence-electron chi connectivity index (χ4n) is 0.577. The quantitative estimate of drug-likeness (QED) is 0.301. The second-order valence-corrected chi connectivity index (χ2v) is 2.30. The van der Waals surface area contributed by atoms with E-state index in [0.717, 1.165) is 0 Å². The van der Waals surface area contributed by atoms with Crippen LogP contribution in [0.1, 0.15) is 0 Å². The molecule has 0 radical (unpaired) electrons. The van der Waals surface area contributed by atoms with Gasteiger partial charge in [0.1, 0.15) is 18.3 Å². The molecule has 0 aromatic heterocycles. The predicted octanol–water partition coefficient (Wildman–Crippen LogP) is -3.38. The van der Waals surface area contributed by atoms with Crippen LogP contribution < -0.4 is 0 Å². The molecule has 6 nitrogen and oxygen atoms in total. The molecule has 0 aromatic rings. The SMILES string of the molecule is O=C([C@H](O)CO)[C@H](O)C(O)CO. The Hall–Kier alpha value is -0.530. The standard InChI is InChI=1S/C6H12O6/c7-1-3(9)5(11)6(12)4(10)2-8/h3-5,7-11H,1-2H2/t3?,4-,5-/m1/s1. The molecule has 0 bridgehead atoms. The number of Topliss-reactive ketones (excluding diaryl/α,β-unsaturated/α-hetero) is 1. The van der Waals surface area contributed by atoms with Crippen LogP contribution in [0.15, 0.2) is 0 Å². The Kier molecular flexibility index (Phi) is 4.95. The Balaban J connectivity index is 4.09. The number of aliphatic hydroxyl groups is 5. The molecule has 5 N–H and O–H groups in total. The Labute approximate surface area is 68.7 Å². The zero-order valence-electron chi connectivity index (χ0n) is 6.29. The highest BCUT2D eigenvalue weighted by atomic mass is 16.4. The van der Waals surface area contributed by atoms with Gasteiger partial charge in [-0.25, -0.2) is 0 Å². The molecule has 0 heterocycles. The molecule has 0 saturated carbocycles. The van der Waals surface area contributed by atoms with Crippen molar-refractivity contribution < 1.29 is 30.3 Å². The van der Waals surface area contributed by atoms with Gasteiger partial charge < -0.3 is 25.5 Å². The summed E-state index contributed by atoms with van der Waals surface area (Å²) in [6, 6.07) is 0. The number of carbonyl (C=O) groups excluding carboxylic acids is 1. The van der Waals surface area contributed by atoms with Crippen molar-refractivity contribution in [1.29, 1.82) is 0 Å². The van der Waals surface area contributed by atoms with Crippen LogP contribution in [0.2, 0.25) is 0 Å². The van der Waals surface area contributed by atoms with Crippen LogP contribution in [-0.2, 0) is 4.79 Å². The third-order valence-corrected chi connectivity index (χ3v) is 1.34. The minimum atomic E-state index is -1.86. The minimum absolute atomic E-state index is 0.787. The van der Waals surface area contributed by atoms with Gasteiger partial charge in [0.05, 0.1) is 13.2 Å². The summed E-state index contributed by atoms with van der Waals surface area (Å²) in [4.78, 5) is 10.7. The van der Waals surface area contributed by atoms with E-state index in [4.69, 9.17) is 25.5 Å². The first kappa shape index (κ1) is 11.5. The third-order valence-electron chi connectivity index (χ3n) is 1.34. The highest BCUT2D eigenvalue weighted by Gasteiger charge is 2.28. The summed E-state index contributed by atoms with van der Waals surface area (Å²) in [6.45, 7) is -1.61. The summed E-state index contributed by atoms with van der Waals surface area (Å²) in [5, 5.41) is 42.9. The molecule has 0 fully saturated rings. The summed E-state index contributed by atoms with van der Waals surface area (Å²) < 4.78 is 0. The predicted molar refractivity (Wildman–Crippen MR) is 37.2 cm³/mol. The normalized spacial score (nSPS) is 18.4.